The van der Waals surface area contributed by atoms with Crippen molar-refractivity contribution in [2.24, 2.45) is 0 Å². The molecule has 3 heteroatoms. The Kier molecular flexibility index (Phi) is 2.38. The lowest BCUT2D eigenvalue weighted by Gasteiger charge is -2.18. The first-order valence-electron chi connectivity index (χ1n) is 5.85. The first-order chi connectivity index (χ1) is 8.18. The highest BCUT2D eigenvalue weighted by atomic mass is 28.4. The van der Waals surface area contributed by atoms with E-state index in [0.717, 1.165) is 5.56 Å². The molecule has 1 aromatic heterocycles. The molecule has 0 radical (unpaired) electrons. The Hall–Kier alpha value is -1.45. The number of benzene rings is 1. The van der Waals surface area contributed by atoms with Gasteiger partial charge < -0.3 is 4.43 Å². The van der Waals surface area contributed by atoms with Gasteiger partial charge in [-0.1, -0.05) is 30.3 Å². The molecule has 0 N–H and O–H groups in total. The quantitative estimate of drug-likeness (QED) is 0.716. The highest BCUT2D eigenvalue weighted by Gasteiger charge is 2.40. The van der Waals surface area contributed by atoms with Gasteiger partial charge >= 0.3 is 0 Å². The summed E-state index contributed by atoms with van der Waals surface area (Å²) in [4.78, 5) is 4.19. The van der Waals surface area contributed by atoms with Gasteiger partial charge in [0.25, 0.3) is 0 Å². The molecule has 0 spiro atoms. The van der Waals surface area contributed by atoms with E-state index in [4.69, 9.17) is 4.43 Å². The third-order valence-corrected chi connectivity index (χ3v) is 5.87. The molecule has 2 nitrogen and oxygen atoms in total. The van der Waals surface area contributed by atoms with Gasteiger partial charge in [0.2, 0.25) is 8.32 Å². The molecule has 0 saturated heterocycles. The number of fused-ring (bicyclic) bond motifs is 1. The van der Waals surface area contributed by atoms with Crippen LogP contribution in [-0.2, 0) is 4.43 Å². The molecule has 2 heterocycles. The Bertz CT molecular complexity index is 539. The molecule has 0 unspecified atom stereocenters. The summed E-state index contributed by atoms with van der Waals surface area (Å²) in [6.45, 7) is 4.50. The predicted octanol–water partition coefficient (Wildman–Crippen LogP) is 2.61. The van der Waals surface area contributed by atoms with Gasteiger partial charge in [-0.25, -0.2) is 0 Å². The van der Waals surface area contributed by atoms with Gasteiger partial charge in [0.1, 0.15) is 0 Å². The fourth-order valence-corrected chi connectivity index (χ4v) is 4.86. The maximum absolute atomic E-state index is 6.30. The van der Waals surface area contributed by atoms with Crippen molar-refractivity contribution in [2.75, 3.05) is 0 Å². The second-order valence-corrected chi connectivity index (χ2v) is 8.68. The summed E-state index contributed by atoms with van der Waals surface area (Å²) >= 11 is 0. The van der Waals surface area contributed by atoms with Crippen molar-refractivity contribution in [3.63, 3.8) is 0 Å². The molecule has 2 aromatic rings. The van der Waals surface area contributed by atoms with Crippen molar-refractivity contribution in [3.8, 4) is 0 Å². The van der Waals surface area contributed by atoms with Crippen molar-refractivity contribution in [3.05, 3.63) is 59.9 Å². The average Bonchev–Trinajstić information content (AvgIpc) is 2.64. The first-order valence-corrected chi connectivity index (χ1v) is 8.76. The zero-order valence-corrected chi connectivity index (χ0v) is 11.1. The molecule has 0 amide bonds. The fourth-order valence-electron chi connectivity index (χ4n) is 2.47. The molecular weight excluding hydrogens is 226 g/mol. The summed E-state index contributed by atoms with van der Waals surface area (Å²) < 4.78 is 6.30. The van der Waals surface area contributed by atoms with Gasteiger partial charge in [0.05, 0.1) is 6.10 Å². The monoisotopic (exact) mass is 241 g/mol. The molecule has 1 atom stereocenters. The van der Waals surface area contributed by atoms with Crippen LogP contribution >= 0.6 is 0 Å². The Morgan fingerprint density at radius 2 is 1.94 bits per heavy atom. The largest absolute Gasteiger partial charge is 0.402 e. The van der Waals surface area contributed by atoms with Crippen LogP contribution in [0.2, 0.25) is 13.1 Å². The molecule has 86 valence electrons. The van der Waals surface area contributed by atoms with E-state index in [1.165, 1.54) is 10.8 Å². The van der Waals surface area contributed by atoms with Gasteiger partial charge in [0, 0.05) is 18.0 Å². The van der Waals surface area contributed by atoms with Gasteiger partial charge in [-0.2, -0.15) is 0 Å². The number of rotatable bonds is 1. The van der Waals surface area contributed by atoms with Crippen LogP contribution in [0.15, 0.2) is 48.8 Å². The molecule has 0 saturated carbocycles. The lowest BCUT2D eigenvalue weighted by Crippen LogP contribution is -2.39. The Morgan fingerprint density at radius 3 is 2.71 bits per heavy atom. The second-order valence-electron chi connectivity index (χ2n) is 4.88. The Balaban J connectivity index is 2.12. The zero-order chi connectivity index (χ0) is 11.9. The van der Waals surface area contributed by atoms with Crippen molar-refractivity contribution < 1.29 is 4.43 Å². The summed E-state index contributed by atoms with van der Waals surface area (Å²) in [6.07, 6.45) is 3.77. The maximum atomic E-state index is 6.30. The van der Waals surface area contributed by atoms with Crippen LogP contribution in [0.4, 0.5) is 0 Å². The molecular formula is C14H15NOSi. The normalized spacial score (nSPS) is 21.2. The number of hydrogen-bond acceptors (Lipinski definition) is 2. The summed E-state index contributed by atoms with van der Waals surface area (Å²) in [5, 5.41) is 1.41. The van der Waals surface area contributed by atoms with Crippen LogP contribution in [0.25, 0.3) is 0 Å². The summed E-state index contributed by atoms with van der Waals surface area (Å²) in [6, 6.07) is 12.6. The second kappa shape index (κ2) is 3.79. The van der Waals surface area contributed by atoms with Crippen molar-refractivity contribution in [2.45, 2.75) is 19.2 Å². The van der Waals surface area contributed by atoms with Crippen LogP contribution in [0.3, 0.4) is 0 Å². The van der Waals surface area contributed by atoms with E-state index >= 15 is 0 Å². The topological polar surface area (TPSA) is 22.1 Å². The fraction of sp³-hybridized carbons (Fsp3) is 0.214. The van der Waals surface area contributed by atoms with Gasteiger partial charge in [-0.05, 0) is 29.9 Å². The van der Waals surface area contributed by atoms with Gasteiger partial charge in [-0.3, -0.25) is 4.98 Å². The molecule has 17 heavy (non-hydrogen) atoms. The van der Waals surface area contributed by atoms with Gasteiger partial charge in [0.15, 0.2) is 0 Å². The molecule has 3 rings (SSSR count). The SMILES string of the molecule is C[Si]1(C)O[C@@H](c2cccnc2)c2ccccc21. The maximum Gasteiger partial charge on any atom is 0.219 e. The minimum absolute atomic E-state index is 0.0709. The van der Waals surface area contributed by atoms with E-state index in [1.54, 1.807) is 6.20 Å². The smallest absolute Gasteiger partial charge is 0.219 e. The van der Waals surface area contributed by atoms with E-state index in [1.807, 2.05) is 12.3 Å². The summed E-state index contributed by atoms with van der Waals surface area (Å²) in [7, 11) is -1.73. The van der Waals surface area contributed by atoms with Crippen LogP contribution < -0.4 is 5.19 Å². The molecule has 0 fully saturated rings. The van der Waals surface area contributed by atoms with Crippen molar-refractivity contribution >= 4 is 13.5 Å². The lowest BCUT2D eigenvalue weighted by atomic mass is 10.0. The lowest BCUT2D eigenvalue weighted by molar-refractivity contribution is 0.258. The number of aromatic nitrogens is 1. The average molecular weight is 241 g/mol. The summed E-state index contributed by atoms with van der Waals surface area (Å²) in [5.74, 6) is 0. The molecule has 0 bridgehead atoms. The van der Waals surface area contributed by atoms with Crippen LogP contribution in [0, 0.1) is 0 Å². The third kappa shape index (κ3) is 1.71. The molecule has 1 aromatic carbocycles. The third-order valence-electron chi connectivity index (χ3n) is 3.29. The predicted molar refractivity (Wildman–Crippen MR) is 70.7 cm³/mol. The Labute approximate surface area is 102 Å². The zero-order valence-electron chi connectivity index (χ0n) is 10.1. The van der Waals surface area contributed by atoms with Crippen LogP contribution in [-0.4, -0.2) is 13.3 Å². The van der Waals surface area contributed by atoms with E-state index in [2.05, 4.69) is 48.4 Å². The molecule has 1 aliphatic heterocycles. The van der Waals surface area contributed by atoms with Crippen LogP contribution in [0.5, 0.6) is 0 Å². The standard InChI is InChI=1S/C14H15NOSi/c1-17(2)13-8-4-3-7-12(13)14(16-17)11-6-5-9-15-10-11/h3-10,14H,1-2H3/t14-/m0/s1. The minimum Gasteiger partial charge on any atom is -0.402 e. The summed E-state index contributed by atoms with van der Waals surface area (Å²) in [5.41, 5.74) is 2.47. The van der Waals surface area contributed by atoms with E-state index in [0.29, 0.717) is 0 Å². The number of pyridine rings is 1. The molecule has 0 aliphatic carbocycles. The number of hydrogen-bond donors (Lipinski definition) is 0. The number of nitrogens with zero attached hydrogens (tertiary/aromatic N) is 1. The van der Waals surface area contributed by atoms with Crippen molar-refractivity contribution in [1.29, 1.82) is 0 Å². The highest BCUT2D eigenvalue weighted by Crippen LogP contribution is 2.34. The molecule has 1 aliphatic rings. The van der Waals surface area contributed by atoms with E-state index in [-0.39, 0.29) is 6.10 Å². The minimum atomic E-state index is -1.73. The van der Waals surface area contributed by atoms with E-state index < -0.39 is 8.32 Å². The first kappa shape index (κ1) is 10.7. The highest BCUT2D eigenvalue weighted by molar-refractivity contribution is 6.85. The Morgan fingerprint density at radius 1 is 1.12 bits per heavy atom. The van der Waals surface area contributed by atoms with Crippen molar-refractivity contribution in [1.82, 2.24) is 4.98 Å². The van der Waals surface area contributed by atoms with Crippen LogP contribution in [0.1, 0.15) is 17.2 Å². The van der Waals surface area contributed by atoms with Gasteiger partial charge in [-0.15, -0.1) is 0 Å². The van der Waals surface area contributed by atoms with E-state index in [9.17, 15) is 0 Å².